The summed E-state index contributed by atoms with van der Waals surface area (Å²) in [4.78, 5) is 24.5. The van der Waals surface area contributed by atoms with Crippen LogP contribution in [0.25, 0.3) is 5.69 Å². The molecule has 0 aliphatic carbocycles. The quantitative estimate of drug-likeness (QED) is 0.831. The molecule has 0 spiro atoms. The smallest absolute Gasteiger partial charge is 0.323 e. The summed E-state index contributed by atoms with van der Waals surface area (Å²) in [5.41, 5.74) is 1.00. The summed E-state index contributed by atoms with van der Waals surface area (Å²) < 4.78 is 6.41. The zero-order valence-corrected chi connectivity index (χ0v) is 13.2. The standard InChI is InChI=1S/C15H16ClN3O4/c1-23-6-5-18(10-14(20)21)15(22)11-8-17-19(9-11)13-4-2-3-12(16)7-13/h2-4,7-9H,5-6,10H2,1H3,(H,20,21). The molecule has 8 heteroatoms. The number of hydrogen-bond donors (Lipinski definition) is 1. The average molecular weight is 338 g/mol. The monoisotopic (exact) mass is 337 g/mol. The first kappa shape index (κ1) is 17.0. The molecular weight excluding hydrogens is 322 g/mol. The van der Waals surface area contributed by atoms with Crippen molar-refractivity contribution >= 4 is 23.5 Å². The largest absolute Gasteiger partial charge is 0.480 e. The molecule has 1 amide bonds. The van der Waals surface area contributed by atoms with Gasteiger partial charge in [0.1, 0.15) is 6.54 Å². The Morgan fingerprint density at radius 1 is 1.43 bits per heavy atom. The minimum atomic E-state index is -1.09. The number of carboxylic acid groups (broad SMARTS) is 1. The third kappa shape index (κ3) is 4.54. The molecule has 0 saturated heterocycles. The summed E-state index contributed by atoms with van der Waals surface area (Å²) in [6, 6.07) is 7.02. The maximum Gasteiger partial charge on any atom is 0.323 e. The predicted octanol–water partition coefficient (Wildman–Crippen LogP) is 1.70. The average Bonchev–Trinajstić information content (AvgIpc) is 3.00. The molecule has 0 atom stereocenters. The van der Waals surface area contributed by atoms with E-state index in [1.807, 2.05) is 0 Å². The van der Waals surface area contributed by atoms with Gasteiger partial charge in [-0.3, -0.25) is 9.59 Å². The fourth-order valence-electron chi connectivity index (χ4n) is 1.99. The fraction of sp³-hybridized carbons (Fsp3) is 0.267. The molecule has 0 fully saturated rings. The lowest BCUT2D eigenvalue weighted by Gasteiger charge is -2.19. The zero-order chi connectivity index (χ0) is 16.8. The van der Waals surface area contributed by atoms with Gasteiger partial charge in [0.25, 0.3) is 5.91 Å². The maximum absolute atomic E-state index is 12.4. The van der Waals surface area contributed by atoms with Gasteiger partial charge < -0.3 is 14.7 Å². The molecule has 0 radical (unpaired) electrons. The van der Waals surface area contributed by atoms with E-state index in [9.17, 15) is 9.59 Å². The van der Waals surface area contributed by atoms with E-state index < -0.39 is 18.4 Å². The second-order valence-corrected chi connectivity index (χ2v) is 5.20. The summed E-state index contributed by atoms with van der Waals surface area (Å²) in [7, 11) is 1.49. The van der Waals surface area contributed by atoms with Crippen LogP contribution in [0, 0.1) is 0 Å². The topological polar surface area (TPSA) is 84.7 Å². The van der Waals surface area contributed by atoms with Crippen LogP contribution in [-0.4, -0.2) is 58.5 Å². The molecule has 1 N–H and O–H groups in total. The Balaban J connectivity index is 2.19. The van der Waals surface area contributed by atoms with E-state index in [4.69, 9.17) is 21.4 Å². The summed E-state index contributed by atoms with van der Waals surface area (Å²) in [5, 5.41) is 13.6. The summed E-state index contributed by atoms with van der Waals surface area (Å²) in [6.07, 6.45) is 2.93. The van der Waals surface area contributed by atoms with Gasteiger partial charge >= 0.3 is 5.97 Å². The van der Waals surface area contributed by atoms with Crippen LogP contribution in [0.4, 0.5) is 0 Å². The van der Waals surface area contributed by atoms with Crippen LogP contribution in [0.1, 0.15) is 10.4 Å². The Labute approximate surface area is 138 Å². The van der Waals surface area contributed by atoms with E-state index in [0.717, 1.165) is 0 Å². The Kier molecular flexibility index (Phi) is 5.72. The van der Waals surface area contributed by atoms with Crippen LogP contribution in [-0.2, 0) is 9.53 Å². The number of rotatable bonds is 7. The van der Waals surface area contributed by atoms with Gasteiger partial charge in [-0.05, 0) is 18.2 Å². The molecule has 0 saturated carbocycles. The van der Waals surface area contributed by atoms with Crippen molar-refractivity contribution in [2.24, 2.45) is 0 Å². The van der Waals surface area contributed by atoms with Gasteiger partial charge in [0.2, 0.25) is 0 Å². The Morgan fingerprint density at radius 3 is 2.87 bits per heavy atom. The summed E-state index contributed by atoms with van der Waals surface area (Å²) in [5.74, 6) is -1.51. The molecule has 0 bridgehead atoms. The first-order chi connectivity index (χ1) is 11.0. The van der Waals surface area contributed by atoms with Gasteiger partial charge in [0.05, 0.1) is 24.1 Å². The number of halogens is 1. The highest BCUT2D eigenvalue weighted by atomic mass is 35.5. The molecule has 2 aromatic rings. The summed E-state index contributed by atoms with van der Waals surface area (Å²) >= 11 is 5.93. The maximum atomic E-state index is 12.4. The molecule has 0 aliphatic rings. The normalized spacial score (nSPS) is 10.5. The van der Waals surface area contributed by atoms with Crippen molar-refractivity contribution in [3.05, 3.63) is 47.2 Å². The van der Waals surface area contributed by atoms with Crippen LogP contribution in [0.15, 0.2) is 36.7 Å². The van der Waals surface area contributed by atoms with Crippen LogP contribution in [0.3, 0.4) is 0 Å². The van der Waals surface area contributed by atoms with Crippen LogP contribution in [0.2, 0.25) is 5.02 Å². The lowest BCUT2D eigenvalue weighted by molar-refractivity contribution is -0.137. The molecule has 1 aromatic carbocycles. The molecular formula is C15H16ClN3O4. The van der Waals surface area contributed by atoms with Crippen molar-refractivity contribution < 1.29 is 19.4 Å². The number of carbonyl (C=O) groups excluding carboxylic acids is 1. The Hall–Kier alpha value is -2.38. The Bertz CT molecular complexity index is 702. The van der Waals surface area contributed by atoms with Crippen LogP contribution >= 0.6 is 11.6 Å². The number of ether oxygens (including phenoxy) is 1. The second kappa shape index (κ2) is 7.75. The highest BCUT2D eigenvalue weighted by molar-refractivity contribution is 6.30. The molecule has 23 heavy (non-hydrogen) atoms. The number of carboxylic acids is 1. The third-order valence-electron chi connectivity index (χ3n) is 3.08. The predicted molar refractivity (Wildman–Crippen MR) is 84.0 cm³/mol. The van der Waals surface area contributed by atoms with Gasteiger partial charge in [-0.25, -0.2) is 4.68 Å². The molecule has 1 heterocycles. The van der Waals surface area contributed by atoms with Crippen molar-refractivity contribution in [2.75, 3.05) is 26.8 Å². The molecule has 2 rings (SSSR count). The van der Waals surface area contributed by atoms with E-state index in [0.29, 0.717) is 16.3 Å². The van der Waals surface area contributed by atoms with E-state index in [1.165, 1.54) is 29.1 Å². The van der Waals surface area contributed by atoms with E-state index in [1.54, 1.807) is 24.3 Å². The van der Waals surface area contributed by atoms with Gasteiger partial charge in [-0.2, -0.15) is 5.10 Å². The summed E-state index contributed by atoms with van der Waals surface area (Å²) in [6.45, 7) is 0.0377. The van der Waals surface area contributed by atoms with Crippen molar-refractivity contribution in [3.63, 3.8) is 0 Å². The van der Waals surface area contributed by atoms with E-state index >= 15 is 0 Å². The number of aromatic nitrogens is 2. The number of hydrogen-bond acceptors (Lipinski definition) is 4. The van der Waals surface area contributed by atoms with Gasteiger partial charge in [-0.1, -0.05) is 17.7 Å². The fourth-order valence-corrected chi connectivity index (χ4v) is 2.18. The SMILES string of the molecule is COCCN(CC(=O)O)C(=O)c1cnn(-c2cccc(Cl)c2)c1. The van der Waals surface area contributed by atoms with Crippen molar-refractivity contribution in [1.82, 2.24) is 14.7 Å². The van der Waals surface area contributed by atoms with Crippen LogP contribution < -0.4 is 0 Å². The number of benzene rings is 1. The van der Waals surface area contributed by atoms with Gasteiger partial charge in [0, 0.05) is 24.9 Å². The number of aliphatic carboxylic acids is 1. The minimum Gasteiger partial charge on any atom is -0.480 e. The molecule has 1 aromatic heterocycles. The number of methoxy groups -OCH3 is 1. The van der Waals surface area contributed by atoms with Gasteiger partial charge in [0.15, 0.2) is 0 Å². The van der Waals surface area contributed by atoms with E-state index in [2.05, 4.69) is 5.10 Å². The lowest BCUT2D eigenvalue weighted by Crippen LogP contribution is -2.37. The first-order valence-corrected chi connectivity index (χ1v) is 7.19. The minimum absolute atomic E-state index is 0.185. The van der Waals surface area contributed by atoms with Crippen molar-refractivity contribution in [2.45, 2.75) is 0 Å². The highest BCUT2D eigenvalue weighted by Crippen LogP contribution is 2.15. The number of amides is 1. The molecule has 122 valence electrons. The number of nitrogens with zero attached hydrogens (tertiary/aromatic N) is 3. The molecule has 7 nitrogen and oxygen atoms in total. The highest BCUT2D eigenvalue weighted by Gasteiger charge is 2.20. The lowest BCUT2D eigenvalue weighted by atomic mass is 10.3. The zero-order valence-electron chi connectivity index (χ0n) is 12.5. The van der Waals surface area contributed by atoms with Crippen molar-refractivity contribution in [1.29, 1.82) is 0 Å². The van der Waals surface area contributed by atoms with Gasteiger partial charge in [-0.15, -0.1) is 0 Å². The van der Waals surface area contributed by atoms with Crippen molar-refractivity contribution in [3.8, 4) is 5.69 Å². The number of carbonyl (C=O) groups is 2. The molecule has 0 unspecified atom stereocenters. The first-order valence-electron chi connectivity index (χ1n) is 6.82. The molecule has 0 aliphatic heterocycles. The van der Waals surface area contributed by atoms with Crippen LogP contribution in [0.5, 0.6) is 0 Å². The second-order valence-electron chi connectivity index (χ2n) is 4.77. The van der Waals surface area contributed by atoms with E-state index in [-0.39, 0.29) is 13.2 Å². The Morgan fingerprint density at radius 2 is 2.22 bits per heavy atom. The third-order valence-corrected chi connectivity index (χ3v) is 3.32.